The second-order valence-electron chi connectivity index (χ2n) is 5.85. The number of amides is 1. The quantitative estimate of drug-likeness (QED) is 0.438. The van der Waals surface area contributed by atoms with Gasteiger partial charge in [0.2, 0.25) is 5.91 Å². The molecule has 1 unspecified atom stereocenters. The molecule has 1 N–H and O–H groups in total. The van der Waals surface area contributed by atoms with Crippen molar-refractivity contribution in [1.29, 1.82) is 0 Å². The third kappa shape index (κ3) is 4.95. The van der Waals surface area contributed by atoms with E-state index < -0.39 is 10.2 Å². The fourth-order valence-electron chi connectivity index (χ4n) is 2.62. The summed E-state index contributed by atoms with van der Waals surface area (Å²) in [5, 5.41) is 21.6. The van der Waals surface area contributed by atoms with Gasteiger partial charge in [0.1, 0.15) is 5.75 Å². The van der Waals surface area contributed by atoms with E-state index in [1.807, 2.05) is 31.2 Å². The highest BCUT2D eigenvalue weighted by atomic mass is 32.2. The zero-order chi connectivity index (χ0) is 19.9. The number of non-ortho nitro benzene ring substituents is 1. The first-order valence-electron chi connectivity index (χ1n) is 8.60. The van der Waals surface area contributed by atoms with Crippen molar-refractivity contribution >= 4 is 34.7 Å². The van der Waals surface area contributed by atoms with Crippen molar-refractivity contribution in [1.82, 2.24) is 5.32 Å². The Morgan fingerprint density at radius 2 is 2.11 bits per heavy atom. The lowest BCUT2D eigenvalue weighted by atomic mass is 10.1. The summed E-state index contributed by atoms with van der Waals surface area (Å²) in [5.74, 6) is 0.515. The van der Waals surface area contributed by atoms with Crippen LogP contribution in [-0.4, -0.2) is 34.1 Å². The Morgan fingerprint density at radius 3 is 2.89 bits per heavy atom. The topological polar surface area (TPSA) is 106 Å². The molecule has 0 saturated carbocycles. The number of ether oxygens (including phenoxy) is 1. The summed E-state index contributed by atoms with van der Waals surface area (Å²) >= 11 is 1.25. The minimum Gasteiger partial charge on any atom is -0.493 e. The van der Waals surface area contributed by atoms with Crippen molar-refractivity contribution in [3.8, 4) is 5.75 Å². The average molecular weight is 398 g/mol. The Hall–Kier alpha value is -3.20. The zero-order valence-electron chi connectivity index (χ0n) is 15.1. The molecular formula is C19H18N4O4S. The summed E-state index contributed by atoms with van der Waals surface area (Å²) in [5.41, 5.74) is 1.51. The lowest BCUT2D eigenvalue weighted by Gasteiger charge is -2.05. The van der Waals surface area contributed by atoms with Crippen LogP contribution in [0.25, 0.3) is 0 Å². The molecule has 2 aromatic carbocycles. The van der Waals surface area contributed by atoms with Gasteiger partial charge in [0, 0.05) is 17.7 Å². The van der Waals surface area contributed by atoms with Gasteiger partial charge in [-0.05, 0) is 31.0 Å². The molecule has 0 aliphatic carbocycles. The van der Waals surface area contributed by atoms with Crippen molar-refractivity contribution < 1.29 is 14.5 Å². The number of nitrogens with zero attached hydrogens (tertiary/aromatic N) is 3. The van der Waals surface area contributed by atoms with Crippen LogP contribution in [0.3, 0.4) is 0 Å². The lowest BCUT2D eigenvalue weighted by molar-refractivity contribution is -0.384. The Morgan fingerprint density at radius 1 is 1.29 bits per heavy atom. The maximum Gasteiger partial charge on any atom is 0.269 e. The summed E-state index contributed by atoms with van der Waals surface area (Å²) in [4.78, 5) is 22.6. The highest BCUT2D eigenvalue weighted by molar-refractivity contribution is 8.15. The first-order valence-corrected chi connectivity index (χ1v) is 9.48. The number of hydrogen-bond acceptors (Lipinski definition) is 7. The van der Waals surface area contributed by atoms with E-state index in [9.17, 15) is 14.9 Å². The van der Waals surface area contributed by atoms with E-state index in [-0.39, 0.29) is 11.6 Å². The molecule has 1 atom stereocenters. The minimum absolute atomic E-state index is 0.00681. The highest BCUT2D eigenvalue weighted by Gasteiger charge is 2.30. The molecule has 8 nitrogen and oxygen atoms in total. The molecule has 1 saturated heterocycles. The predicted octanol–water partition coefficient (Wildman–Crippen LogP) is 3.16. The normalized spacial score (nSPS) is 17.8. The second kappa shape index (κ2) is 9.14. The molecule has 0 bridgehead atoms. The number of hydrogen-bond donors (Lipinski definition) is 1. The molecule has 1 amide bonds. The van der Waals surface area contributed by atoms with Gasteiger partial charge in [-0.2, -0.15) is 5.10 Å². The zero-order valence-corrected chi connectivity index (χ0v) is 15.9. The maximum atomic E-state index is 12.2. The number of thioether (sulfide) groups is 1. The number of rotatable bonds is 7. The first kappa shape index (κ1) is 19.6. The van der Waals surface area contributed by atoms with Gasteiger partial charge >= 0.3 is 0 Å². The molecule has 1 fully saturated rings. The summed E-state index contributed by atoms with van der Waals surface area (Å²) in [6.45, 7) is 2.45. The van der Waals surface area contributed by atoms with Gasteiger partial charge in [-0.1, -0.05) is 36.0 Å². The van der Waals surface area contributed by atoms with E-state index in [2.05, 4.69) is 15.5 Å². The summed E-state index contributed by atoms with van der Waals surface area (Å²) in [6.07, 6.45) is 1.94. The van der Waals surface area contributed by atoms with E-state index >= 15 is 0 Å². The van der Waals surface area contributed by atoms with Crippen molar-refractivity contribution in [2.45, 2.75) is 18.6 Å². The van der Waals surface area contributed by atoms with Gasteiger partial charge in [0.05, 0.1) is 23.0 Å². The number of carbonyl (C=O) groups is 1. The van der Waals surface area contributed by atoms with Gasteiger partial charge in [0.25, 0.3) is 5.69 Å². The van der Waals surface area contributed by atoms with Crippen LogP contribution in [-0.2, 0) is 11.2 Å². The number of nitro benzene ring substituents is 1. The first-order chi connectivity index (χ1) is 13.6. The molecule has 1 aliphatic rings. The van der Waals surface area contributed by atoms with Crippen molar-refractivity contribution in [3.63, 3.8) is 0 Å². The van der Waals surface area contributed by atoms with Crippen molar-refractivity contribution in [3.05, 3.63) is 69.8 Å². The Bertz CT molecular complexity index is 945. The van der Waals surface area contributed by atoms with Gasteiger partial charge in [0.15, 0.2) is 5.17 Å². The van der Waals surface area contributed by atoms with E-state index in [1.54, 1.807) is 18.3 Å². The number of benzene rings is 2. The van der Waals surface area contributed by atoms with Crippen LogP contribution in [0.1, 0.15) is 18.1 Å². The third-order valence-electron chi connectivity index (χ3n) is 3.88. The average Bonchev–Trinajstić information content (AvgIpc) is 3.03. The Labute approximate surface area is 165 Å². The molecule has 1 aliphatic heterocycles. The van der Waals surface area contributed by atoms with Gasteiger partial charge in [-0.25, -0.2) is 0 Å². The summed E-state index contributed by atoms with van der Waals surface area (Å²) < 4.78 is 5.52. The van der Waals surface area contributed by atoms with E-state index in [4.69, 9.17) is 4.74 Å². The van der Waals surface area contributed by atoms with Crippen LogP contribution in [0.15, 0.2) is 58.7 Å². The molecular weight excluding hydrogens is 380 g/mol. The number of nitro groups is 1. The highest BCUT2D eigenvalue weighted by Crippen LogP contribution is 2.25. The van der Waals surface area contributed by atoms with E-state index in [1.165, 1.54) is 23.9 Å². The fourth-order valence-corrected chi connectivity index (χ4v) is 3.58. The Balaban J connectivity index is 1.66. The molecule has 28 heavy (non-hydrogen) atoms. The fraction of sp³-hybridized carbons (Fsp3) is 0.211. The second-order valence-corrected chi connectivity index (χ2v) is 7.04. The molecule has 0 spiro atoms. The minimum atomic E-state index is -0.451. The van der Waals surface area contributed by atoms with E-state index in [0.29, 0.717) is 23.9 Å². The molecule has 1 heterocycles. The summed E-state index contributed by atoms with van der Waals surface area (Å²) in [6, 6.07) is 13.7. The smallest absolute Gasteiger partial charge is 0.269 e. The van der Waals surface area contributed by atoms with Crippen LogP contribution in [0.5, 0.6) is 5.75 Å². The van der Waals surface area contributed by atoms with Gasteiger partial charge in [-0.3, -0.25) is 14.9 Å². The van der Waals surface area contributed by atoms with E-state index in [0.717, 1.165) is 11.1 Å². The molecule has 2 aromatic rings. The Kier molecular flexibility index (Phi) is 6.38. The third-order valence-corrected chi connectivity index (χ3v) is 4.96. The molecule has 144 valence electrons. The van der Waals surface area contributed by atoms with Crippen LogP contribution < -0.4 is 10.1 Å². The van der Waals surface area contributed by atoms with Crippen LogP contribution in [0.2, 0.25) is 0 Å². The number of para-hydroxylation sites is 1. The molecule has 3 rings (SSSR count). The number of amidine groups is 1. The molecule has 9 heteroatoms. The predicted molar refractivity (Wildman–Crippen MR) is 109 cm³/mol. The maximum absolute atomic E-state index is 12.2. The van der Waals surface area contributed by atoms with Gasteiger partial charge < -0.3 is 10.1 Å². The standard InChI is InChI=1S/C19H18N4O4S/c1-2-27-16-9-4-3-7-14(16)12-20-22-19-21-18(24)17(28-19)11-13-6-5-8-15(10-13)23(25)26/h3-10,12,17H,2,11H2,1H3,(H,21,22,24)/b20-12+. The number of carbonyl (C=O) groups excluding carboxylic acids is 1. The van der Waals surface area contributed by atoms with Crippen LogP contribution in [0, 0.1) is 10.1 Å². The van der Waals surface area contributed by atoms with Crippen LogP contribution >= 0.6 is 11.8 Å². The van der Waals surface area contributed by atoms with Crippen molar-refractivity contribution in [2.75, 3.05) is 6.61 Å². The monoisotopic (exact) mass is 398 g/mol. The molecule has 0 radical (unpaired) electrons. The largest absolute Gasteiger partial charge is 0.493 e. The molecule has 0 aromatic heterocycles. The number of nitrogens with one attached hydrogen (secondary N) is 1. The lowest BCUT2D eigenvalue weighted by Crippen LogP contribution is -2.25. The SMILES string of the molecule is CCOc1ccccc1/C=N/N=C1\NC(=O)C(Cc2cccc([N+](=O)[O-])c2)S1. The van der Waals surface area contributed by atoms with Crippen LogP contribution in [0.4, 0.5) is 5.69 Å². The summed E-state index contributed by atoms with van der Waals surface area (Å²) in [7, 11) is 0. The van der Waals surface area contributed by atoms with Gasteiger partial charge in [-0.15, -0.1) is 5.10 Å². The van der Waals surface area contributed by atoms with Crippen molar-refractivity contribution in [2.24, 2.45) is 10.2 Å².